The number of carbonyl (C=O) groups excluding carboxylic acids is 1. The Kier molecular flexibility index (Phi) is 1.79. The van der Waals surface area contributed by atoms with Crippen molar-refractivity contribution < 1.29 is 14.3 Å². The largest absolute Gasteiger partial charge is 0.343 e. The van der Waals surface area contributed by atoms with Gasteiger partial charge in [-0.2, -0.15) is 0 Å². The van der Waals surface area contributed by atoms with Crippen molar-refractivity contribution in [2.75, 3.05) is 6.61 Å². The van der Waals surface area contributed by atoms with Crippen LogP contribution in [0.4, 0.5) is 0 Å². The number of ether oxygens (including phenoxy) is 2. The molecule has 0 aliphatic carbocycles. The highest BCUT2D eigenvalue weighted by atomic mass is 16.7. The summed E-state index contributed by atoms with van der Waals surface area (Å²) < 4.78 is 10.3. The Bertz CT molecular complexity index is 151. The zero-order valence-electron chi connectivity index (χ0n) is 6.51. The molecule has 0 bridgehead atoms. The van der Waals surface area contributed by atoms with Crippen molar-refractivity contribution >= 4 is 5.78 Å². The van der Waals surface area contributed by atoms with Gasteiger partial charge in [-0.25, -0.2) is 0 Å². The van der Waals surface area contributed by atoms with E-state index in [0.29, 0.717) is 0 Å². The highest BCUT2D eigenvalue weighted by Gasteiger charge is 2.31. The fourth-order valence-corrected chi connectivity index (χ4v) is 0.888. The fourth-order valence-electron chi connectivity index (χ4n) is 0.888. The number of Topliss-reactive ketones (excluding diaryl/α,β-unsaturated/α-hetero) is 1. The van der Waals surface area contributed by atoms with Gasteiger partial charge in [-0.05, 0) is 20.8 Å². The van der Waals surface area contributed by atoms with Crippen LogP contribution in [-0.2, 0) is 14.3 Å². The summed E-state index contributed by atoms with van der Waals surface area (Å²) in [7, 11) is 0. The van der Waals surface area contributed by atoms with Gasteiger partial charge in [-0.1, -0.05) is 0 Å². The maximum Gasteiger partial charge on any atom is 0.187 e. The SMILES string of the molecule is C[C@@H]1OC(C)(C)OCC1=O. The van der Waals surface area contributed by atoms with E-state index in [9.17, 15) is 4.79 Å². The van der Waals surface area contributed by atoms with Crippen molar-refractivity contribution in [3.63, 3.8) is 0 Å². The highest BCUT2D eigenvalue weighted by Crippen LogP contribution is 2.19. The molecule has 58 valence electrons. The lowest BCUT2D eigenvalue weighted by Gasteiger charge is -2.33. The van der Waals surface area contributed by atoms with Crippen molar-refractivity contribution in [2.24, 2.45) is 0 Å². The quantitative estimate of drug-likeness (QED) is 0.502. The predicted octanol–water partition coefficient (Wildman–Crippen LogP) is 0.727. The minimum Gasteiger partial charge on any atom is -0.343 e. The number of hydrogen-bond donors (Lipinski definition) is 0. The van der Waals surface area contributed by atoms with Crippen LogP contribution in [0.2, 0.25) is 0 Å². The minimum absolute atomic E-state index is 0.0133. The van der Waals surface area contributed by atoms with E-state index >= 15 is 0 Å². The Labute approximate surface area is 60.3 Å². The molecule has 1 rings (SSSR count). The minimum atomic E-state index is -0.590. The summed E-state index contributed by atoms with van der Waals surface area (Å²) >= 11 is 0. The van der Waals surface area contributed by atoms with Gasteiger partial charge in [0, 0.05) is 0 Å². The van der Waals surface area contributed by atoms with Gasteiger partial charge in [-0.3, -0.25) is 4.79 Å². The second kappa shape index (κ2) is 2.32. The Hall–Kier alpha value is -0.410. The highest BCUT2D eigenvalue weighted by molar-refractivity contribution is 5.84. The van der Waals surface area contributed by atoms with E-state index in [0.717, 1.165) is 0 Å². The van der Waals surface area contributed by atoms with Crippen molar-refractivity contribution in [1.29, 1.82) is 0 Å². The molecule has 1 heterocycles. The smallest absolute Gasteiger partial charge is 0.187 e. The van der Waals surface area contributed by atoms with Crippen molar-refractivity contribution in [3.8, 4) is 0 Å². The summed E-state index contributed by atoms with van der Waals surface area (Å²) in [6, 6.07) is 0. The normalized spacial score (nSPS) is 32.3. The van der Waals surface area contributed by atoms with Crippen LogP contribution in [0.3, 0.4) is 0 Å². The molecule has 0 amide bonds. The first kappa shape index (κ1) is 7.69. The van der Waals surface area contributed by atoms with E-state index in [1.807, 2.05) is 0 Å². The molecule has 0 spiro atoms. The Balaban J connectivity index is 2.57. The average Bonchev–Trinajstić information content (AvgIpc) is 1.79. The number of carbonyl (C=O) groups is 1. The van der Waals surface area contributed by atoms with Gasteiger partial charge in [0.15, 0.2) is 11.6 Å². The molecule has 0 saturated carbocycles. The van der Waals surface area contributed by atoms with Crippen molar-refractivity contribution in [3.05, 3.63) is 0 Å². The monoisotopic (exact) mass is 144 g/mol. The molecule has 0 N–H and O–H groups in total. The summed E-state index contributed by atoms with van der Waals surface area (Å²) in [6.07, 6.45) is -0.316. The maximum absolute atomic E-state index is 10.8. The molecular formula is C7H12O3. The molecule has 0 aromatic rings. The molecule has 0 aromatic carbocycles. The van der Waals surface area contributed by atoms with Gasteiger partial charge >= 0.3 is 0 Å². The number of ketones is 1. The van der Waals surface area contributed by atoms with Gasteiger partial charge in [-0.15, -0.1) is 0 Å². The van der Waals surface area contributed by atoms with Crippen molar-refractivity contribution in [1.82, 2.24) is 0 Å². The molecule has 0 unspecified atom stereocenters. The van der Waals surface area contributed by atoms with Crippen molar-refractivity contribution in [2.45, 2.75) is 32.7 Å². The second-order valence-corrected chi connectivity index (χ2v) is 2.91. The third kappa shape index (κ3) is 1.55. The van der Waals surface area contributed by atoms with E-state index in [-0.39, 0.29) is 18.5 Å². The van der Waals surface area contributed by atoms with Gasteiger partial charge < -0.3 is 9.47 Å². The van der Waals surface area contributed by atoms with Crippen LogP contribution in [0.25, 0.3) is 0 Å². The van der Waals surface area contributed by atoms with E-state index < -0.39 is 5.79 Å². The third-order valence-electron chi connectivity index (χ3n) is 1.48. The molecule has 1 aliphatic rings. The van der Waals surface area contributed by atoms with E-state index in [1.165, 1.54) is 0 Å². The Morgan fingerprint density at radius 3 is 2.60 bits per heavy atom. The van der Waals surface area contributed by atoms with Crippen LogP contribution < -0.4 is 0 Å². The van der Waals surface area contributed by atoms with Gasteiger partial charge in [0.2, 0.25) is 0 Å². The lowest BCUT2D eigenvalue weighted by Crippen LogP contribution is -2.44. The summed E-state index contributed by atoms with van der Waals surface area (Å²) in [5, 5.41) is 0. The van der Waals surface area contributed by atoms with E-state index in [1.54, 1.807) is 20.8 Å². The first-order valence-corrected chi connectivity index (χ1v) is 3.36. The van der Waals surface area contributed by atoms with Crippen LogP contribution in [0.5, 0.6) is 0 Å². The zero-order valence-corrected chi connectivity index (χ0v) is 6.51. The fraction of sp³-hybridized carbons (Fsp3) is 0.857. The van der Waals surface area contributed by atoms with Gasteiger partial charge in [0.05, 0.1) is 0 Å². The lowest BCUT2D eigenvalue weighted by atomic mass is 10.2. The average molecular weight is 144 g/mol. The second-order valence-electron chi connectivity index (χ2n) is 2.91. The molecule has 1 saturated heterocycles. The summed E-state index contributed by atoms with van der Waals surface area (Å²) in [5.74, 6) is -0.577. The van der Waals surface area contributed by atoms with Crippen LogP contribution >= 0.6 is 0 Å². The maximum atomic E-state index is 10.8. The lowest BCUT2D eigenvalue weighted by molar-refractivity contribution is -0.254. The number of hydrogen-bond acceptors (Lipinski definition) is 3. The molecule has 1 atom stereocenters. The van der Waals surface area contributed by atoms with E-state index in [4.69, 9.17) is 9.47 Å². The molecule has 0 radical (unpaired) electrons. The Morgan fingerprint density at radius 1 is 1.60 bits per heavy atom. The zero-order chi connectivity index (χ0) is 7.78. The Morgan fingerprint density at radius 2 is 2.20 bits per heavy atom. The number of rotatable bonds is 0. The topological polar surface area (TPSA) is 35.5 Å². The first-order chi connectivity index (χ1) is 4.51. The van der Waals surface area contributed by atoms with Gasteiger partial charge in [0.25, 0.3) is 0 Å². The summed E-state index contributed by atoms with van der Waals surface area (Å²) in [6.45, 7) is 5.52. The van der Waals surface area contributed by atoms with Crippen LogP contribution in [0, 0.1) is 0 Å². The molecule has 3 heteroatoms. The summed E-state index contributed by atoms with van der Waals surface area (Å²) in [5.41, 5.74) is 0. The molecule has 0 aromatic heterocycles. The van der Waals surface area contributed by atoms with Crippen LogP contribution in [0.15, 0.2) is 0 Å². The molecular weight excluding hydrogens is 132 g/mol. The molecule has 1 aliphatic heterocycles. The first-order valence-electron chi connectivity index (χ1n) is 3.36. The molecule has 10 heavy (non-hydrogen) atoms. The van der Waals surface area contributed by atoms with Crippen LogP contribution in [-0.4, -0.2) is 24.3 Å². The third-order valence-corrected chi connectivity index (χ3v) is 1.48. The van der Waals surface area contributed by atoms with E-state index in [2.05, 4.69) is 0 Å². The van der Waals surface area contributed by atoms with Gasteiger partial charge in [0.1, 0.15) is 12.7 Å². The summed E-state index contributed by atoms with van der Waals surface area (Å²) in [4.78, 5) is 10.8. The standard InChI is InChI=1S/C7H12O3/c1-5-6(8)4-9-7(2,3)10-5/h5H,4H2,1-3H3/t5-/m0/s1. The van der Waals surface area contributed by atoms with Crippen LogP contribution in [0.1, 0.15) is 20.8 Å². The molecule has 3 nitrogen and oxygen atoms in total. The predicted molar refractivity (Wildman–Crippen MR) is 35.6 cm³/mol. The molecule has 1 fully saturated rings.